The largest absolute Gasteiger partial charge is 0.397 e. The fraction of sp³-hybridized carbons (Fsp3) is 0.156. The van der Waals surface area contributed by atoms with Crippen molar-refractivity contribution in [3.8, 4) is 0 Å². The van der Waals surface area contributed by atoms with Gasteiger partial charge in [0.25, 0.3) is 11.8 Å². The standard InChI is InChI=1S/C32H32N4O3/c1-22-16-23(2)18-27(17-22)32(39)36(21-30(37)34-19-24-8-4-3-5-9-24)20-25-12-14-26(15-13-25)31(38)35-29-11-7-6-10-28(29)33/h3-18H,19-21,33H2,1-2H3,(H,34,37)(H,35,38). The van der Waals surface area contributed by atoms with Crippen LogP contribution in [0.2, 0.25) is 0 Å². The summed E-state index contributed by atoms with van der Waals surface area (Å²) >= 11 is 0. The minimum Gasteiger partial charge on any atom is -0.397 e. The van der Waals surface area contributed by atoms with Crippen molar-refractivity contribution in [2.45, 2.75) is 26.9 Å². The number of para-hydroxylation sites is 2. The molecule has 0 atom stereocenters. The van der Waals surface area contributed by atoms with Crippen LogP contribution in [0.5, 0.6) is 0 Å². The first kappa shape index (κ1) is 27.1. The first-order chi connectivity index (χ1) is 18.8. The van der Waals surface area contributed by atoms with E-state index in [4.69, 9.17) is 5.73 Å². The highest BCUT2D eigenvalue weighted by Crippen LogP contribution is 2.19. The van der Waals surface area contributed by atoms with Gasteiger partial charge in [-0.2, -0.15) is 0 Å². The molecule has 0 spiro atoms. The predicted molar refractivity (Wildman–Crippen MR) is 154 cm³/mol. The maximum absolute atomic E-state index is 13.5. The monoisotopic (exact) mass is 520 g/mol. The number of anilines is 2. The van der Waals surface area contributed by atoms with Crippen LogP contribution in [-0.2, 0) is 17.9 Å². The van der Waals surface area contributed by atoms with Crippen molar-refractivity contribution < 1.29 is 14.4 Å². The van der Waals surface area contributed by atoms with Crippen molar-refractivity contribution in [3.63, 3.8) is 0 Å². The number of carbonyl (C=O) groups excluding carboxylic acids is 3. The molecule has 0 unspecified atom stereocenters. The van der Waals surface area contributed by atoms with Crippen LogP contribution in [0.4, 0.5) is 11.4 Å². The molecule has 4 N–H and O–H groups in total. The Balaban J connectivity index is 1.49. The number of benzene rings is 4. The zero-order valence-electron chi connectivity index (χ0n) is 22.1. The second kappa shape index (κ2) is 12.6. The Labute approximate surface area is 228 Å². The van der Waals surface area contributed by atoms with Crippen LogP contribution in [0.3, 0.4) is 0 Å². The molecule has 3 amide bonds. The SMILES string of the molecule is Cc1cc(C)cc(C(=O)N(CC(=O)NCc2ccccc2)Cc2ccc(C(=O)Nc3ccccc3N)cc2)c1. The fourth-order valence-electron chi connectivity index (χ4n) is 4.29. The number of nitrogens with zero attached hydrogens (tertiary/aromatic N) is 1. The van der Waals surface area contributed by atoms with Gasteiger partial charge in [0.15, 0.2) is 0 Å². The summed E-state index contributed by atoms with van der Waals surface area (Å²) in [6, 6.07) is 29.3. The molecule has 0 heterocycles. The van der Waals surface area contributed by atoms with E-state index in [9.17, 15) is 14.4 Å². The average molecular weight is 521 g/mol. The van der Waals surface area contributed by atoms with Crippen LogP contribution >= 0.6 is 0 Å². The third-order valence-electron chi connectivity index (χ3n) is 6.22. The molecule has 0 aromatic heterocycles. The number of rotatable bonds is 9. The zero-order valence-corrected chi connectivity index (χ0v) is 22.1. The van der Waals surface area contributed by atoms with Gasteiger partial charge in [0.1, 0.15) is 6.54 Å². The van der Waals surface area contributed by atoms with E-state index in [0.717, 1.165) is 22.3 Å². The van der Waals surface area contributed by atoms with Gasteiger partial charge in [-0.25, -0.2) is 0 Å². The van der Waals surface area contributed by atoms with E-state index < -0.39 is 0 Å². The van der Waals surface area contributed by atoms with Crippen LogP contribution in [0.15, 0.2) is 97.1 Å². The summed E-state index contributed by atoms with van der Waals surface area (Å²) in [7, 11) is 0. The molecule has 7 heteroatoms. The molecule has 0 radical (unpaired) electrons. The van der Waals surface area contributed by atoms with Gasteiger partial charge in [-0.3, -0.25) is 14.4 Å². The van der Waals surface area contributed by atoms with Gasteiger partial charge in [-0.05, 0) is 61.4 Å². The predicted octanol–water partition coefficient (Wildman–Crippen LogP) is 5.10. The fourth-order valence-corrected chi connectivity index (χ4v) is 4.29. The van der Waals surface area contributed by atoms with Gasteiger partial charge in [-0.1, -0.05) is 71.8 Å². The van der Waals surface area contributed by atoms with E-state index in [1.165, 1.54) is 4.90 Å². The minimum absolute atomic E-state index is 0.103. The number of nitrogens with one attached hydrogen (secondary N) is 2. The Morgan fingerprint density at radius 1 is 0.744 bits per heavy atom. The molecule has 4 rings (SSSR count). The summed E-state index contributed by atoms with van der Waals surface area (Å²) in [4.78, 5) is 40.6. The molecular formula is C32H32N4O3. The van der Waals surface area contributed by atoms with Crippen molar-refractivity contribution in [2.24, 2.45) is 0 Å². The highest BCUT2D eigenvalue weighted by atomic mass is 16.2. The van der Waals surface area contributed by atoms with Crippen LogP contribution in [0.25, 0.3) is 0 Å². The van der Waals surface area contributed by atoms with Crippen molar-refractivity contribution in [2.75, 3.05) is 17.6 Å². The quantitative estimate of drug-likeness (QED) is 0.267. The summed E-state index contributed by atoms with van der Waals surface area (Å²) < 4.78 is 0. The highest BCUT2D eigenvalue weighted by Gasteiger charge is 2.20. The van der Waals surface area contributed by atoms with Gasteiger partial charge in [0.05, 0.1) is 11.4 Å². The van der Waals surface area contributed by atoms with Crippen molar-refractivity contribution in [3.05, 3.63) is 130 Å². The average Bonchev–Trinajstić information content (AvgIpc) is 2.93. The van der Waals surface area contributed by atoms with E-state index in [1.807, 2.05) is 62.4 Å². The summed E-state index contributed by atoms with van der Waals surface area (Å²) in [6.45, 7) is 4.36. The number of hydrogen-bond donors (Lipinski definition) is 3. The molecule has 198 valence electrons. The lowest BCUT2D eigenvalue weighted by Gasteiger charge is -2.23. The minimum atomic E-state index is -0.289. The number of carbonyl (C=O) groups is 3. The van der Waals surface area contributed by atoms with Crippen LogP contribution in [-0.4, -0.2) is 29.2 Å². The first-order valence-electron chi connectivity index (χ1n) is 12.7. The smallest absolute Gasteiger partial charge is 0.255 e. The Hall–Kier alpha value is -4.91. The number of aryl methyl sites for hydroxylation is 2. The van der Waals surface area contributed by atoms with Crippen LogP contribution in [0, 0.1) is 13.8 Å². The molecule has 0 saturated heterocycles. The lowest BCUT2D eigenvalue weighted by molar-refractivity contribution is -0.122. The molecule has 0 aliphatic heterocycles. The molecule has 0 fully saturated rings. The first-order valence-corrected chi connectivity index (χ1v) is 12.7. The van der Waals surface area contributed by atoms with E-state index in [1.54, 1.807) is 48.5 Å². The number of nitrogen functional groups attached to an aromatic ring is 1. The van der Waals surface area contributed by atoms with Crippen molar-refractivity contribution in [1.82, 2.24) is 10.2 Å². The van der Waals surface area contributed by atoms with Gasteiger partial charge >= 0.3 is 0 Å². The van der Waals surface area contributed by atoms with E-state index in [-0.39, 0.29) is 30.8 Å². The Kier molecular flexibility index (Phi) is 8.74. The Bertz CT molecular complexity index is 1450. The third kappa shape index (κ3) is 7.55. The van der Waals surface area contributed by atoms with Crippen molar-refractivity contribution >= 4 is 29.1 Å². The maximum Gasteiger partial charge on any atom is 0.255 e. The van der Waals surface area contributed by atoms with Crippen LogP contribution < -0.4 is 16.4 Å². The third-order valence-corrected chi connectivity index (χ3v) is 6.22. The molecule has 0 bridgehead atoms. The molecule has 39 heavy (non-hydrogen) atoms. The maximum atomic E-state index is 13.5. The molecule has 0 aliphatic carbocycles. The van der Waals surface area contributed by atoms with Gasteiger partial charge < -0.3 is 21.3 Å². The number of hydrogen-bond acceptors (Lipinski definition) is 4. The Morgan fingerprint density at radius 2 is 1.38 bits per heavy atom. The molecule has 0 saturated carbocycles. The molecular weight excluding hydrogens is 488 g/mol. The second-order valence-electron chi connectivity index (χ2n) is 9.54. The molecule has 0 aliphatic rings. The van der Waals surface area contributed by atoms with Gasteiger partial charge in [0.2, 0.25) is 5.91 Å². The molecule has 4 aromatic carbocycles. The lowest BCUT2D eigenvalue weighted by Crippen LogP contribution is -2.40. The van der Waals surface area contributed by atoms with Gasteiger partial charge in [0, 0.05) is 24.2 Å². The number of nitrogens with two attached hydrogens (primary N) is 1. The second-order valence-corrected chi connectivity index (χ2v) is 9.54. The van der Waals surface area contributed by atoms with Crippen LogP contribution in [0.1, 0.15) is 43.0 Å². The topological polar surface area (TPSA) is 105 Å². The Morgan fingerprint density at radius 3 is 2.05 bits per heavy atom. The van der Waals surface area contributed by atoms with Gasteiger partial charge in [-0.15, -0.1) is 0 Å². The van der Waals surface area contributed by atoms with Crippen molar-refractivity contribution in [1.29, 1.82) is 0 Å². The summed E-state index contributed by atoms with van der Waals surface area (Å²) in [5.74, 6) is -0.783. The highest BCUT2D eigenvalue weighted by molar-refractivity contribution is 6.05. The summed E-state index contributed by atoms with van der Waals surface area (Å²) in [5.41, 5.74) is 11.6. The normalized spacial score (nSPS) is 10.5. The van der Waals surface area contributed by atoms with E-state index >= 15 is 0 Å². The lowest BCUT2D eigenvalue weighted by atomic mass is 10.1. The molecule has 7 nitrogen and oxygen atoms in total. The number of amides is 3. The summed E-state index contributed by atoms with van der Waals surface area (Å²) in [6.07, 6.45) is 0. The summed E-state index contributed by atoms with van der Waals surface area (Å²) in [5, 5.41) is 5.71. The van der Waals surface area contributed by atoms with E-state index in [0.29, 0.717) is 29.0 Å². The molecule has 4 aromatic rings. The zero-order chi connectivity index (χ0) is 27.8. The van der Waals surface area contributed by atoms with E-state index in [2.05, 4.69) is 10.6 Å².